The Morgan fingerprint density at radius 2 is 2.26 bits per heavy atom. The molecule has 104 valence electrons. The Balaban J connectivity index is 2.37. The van der Waals surface area contributed by atoms with Crippen molar-refractivity contribution >= 4 is 34.0 Å². The van der Waals surface area contributed by atoms with Crippen molar-refractivity contribution in [1.29, 1.82) is 0 Å². The van der Waals surface area contributed by atoms with Crippen molar-refractivity contribution in [3.05, 3.63) is 31.9 Å². The van der Waals surface area contributed by atoms with Gasteiger partial charge in [-0.3, -0.25) is 10.1 Å². The summed E-state index contributed by atoms with van der Waals surface area (Å²) < 4.78 is 0.867. The summed E-state index contributed by atoms with van der Waals surface area (Å²) in [4.78, 5) is 15.2. The highest BCUT2D eigenvalue weighted by Crippen LogP contribution is 2.32. The minimum Gasteiger partial charge on any atom is -0.359 e. The molecule has 1 heterocycles. The molecular formula is C12H17IN4O2. The van der Waals surface area contributed by atoms with E-state index < -0.39 is 0 Å². The molecular weight excluding hydrogens is 359 g/mol. The first-order valence-corrected chi connectivity index (χ1v) is 7.20. The molecule has 0 aromatic heterocycles. The molecule has 19 heavy (non-hydrogen) atoms. The SMILES string of the molecule is CN1CCN(c2ccc(I)cc2[N+](=O)[O-])C(CN)C1. The summed E-state index contributed by atoms with van der Waals surface area (Å²) in [6, 6.07) is 5.46. The van der Waals surface area contributed by atoms with Crippen LogP contribution in [0.3, 0.4) is 0 Å². The van der Waals surface area contributed by atoms with E-state index in [4.69, 9.17) is 5.73 Å². The number of halogens is 1. The lowest BCUT2D eigenvalue weighted by atomic mass is 10.1. The van der Waals surface area contributed by atoms with E-state index in [0.29, 0.717) is 12.2 Å². The van der Waals surface area contributed by atoms with Crippen LogP contribution in [0.25, 0.3) is 0 Å². The molecule has 1 aromatic carbocycles. The van der Waals surface area contributed by atoms with Gasteiger partial charge in [-0.05, 0) is 41.8 Å². The summed E-state index contributed by atoms with van der Waals surface area (Å²) in [6.45, 7) is 2.98. The van der Waals surface area contributed by atoms with E-state index in [0.717, 1.165) is 23.2 Å². The van der Waals surface area contributed by atoms with Gasteiger partial charge in [0.2, 0.25) is 0 Å². The number of piperazine rings is 1. The van der Waals surface area contributed by atoms with E-state index in [9.17, 15) is 10.1 Å². The van der Waals surface area contributed by atoms with Crippen LogP contribution in [-0.2, 0) is 0 Å². The van der Waals surface area contributed by atoms with Crippen molar-refractivity contribution in [2.45, 2.75) is 6.04 Å². The topological polar surface area (TPSA) is 75.6 Å². The number of nitro groups is 1. The molecule has 0 spiro atoms. The molecule has 7 heteroatoms. The summed E-state index contributed by atoms with van der Waals surface area (Å²) in [5.41, 5.74) is 6.65. The predicted molar refractivity (Wildman–Crippen MR) is 83.5 cm³/mol. The number of nitro benzene ring substituents is 1. The van der Waals surface area contributed by atoms with Gasteiger partial charge in [0, 0.05) is 35.8 Å². The normalized spacial score (nSPS) is 20.6. The maximum absolute atomic E-state index is 11.2. The molecule has 1 aliphatic rings. The average molecular weight is 376 g/mol. The number of anilines is 1. The van der Waals surface area contributed by atoms with Crippen molar-refractivity contribution < 1.29 is 4.92 Å². The zero-order chi connectivity index (χ0) is 14.0. The Bertz CT molecular complexity index is 483. The number of rotatable bonds is 3. The minimum absolute atomic E-state index is 0.123. The lowest BCUT2D eigenvalue weighted by molar-refractivity contribution is -0.384. The zero-order valence-electron chi connectivity index (χ0n) is 10.8. The monoisotopic (exact) mass is 376 g/mol. The number of nitrogens with two attached hydrogens (primary N) is 1. The molecule has 0 bridgehead atoms. The summed E-state index contributed by atoms with van der Waals surface area (Å²) in [7, 11) is 2.04. The summed E-state index contributed by atoms with van der Waals surface area (Å²) in [6.07, 6.45) is 0. The second-order valence-electron chi connectivity index (χ2n) is 4.74. The van der Waals surface area contributed by atoms with Crippen LogP contribution in [0.4, 0.5) is 11.4 Å². The molecule has 0 amide bonds. The molecule has 1 aromatic rings. The summed E-state index contributed by atoms with van der Waals surface area (Å²) >= 11 is 2.09. The van der Waals surface area contributed by atoms with Crippen LogP contribution in [0.2, 0.25) is 0 Å². The highest BCUT2D eigenvalue weighted by atomic mass is 127. The van der Waals surface area contributed by atoms with Crippen LogP contribution in [0, 0.1) is 13.7 Å². The number of hydrogen-bond donors (Lipinski definition) is 1. The number of benzene rings is 1. The first-order chi connectivity index (χ1) is 9.02. The fraction of sp³-hybridized carbons (Fsp3) is 0.500. The minimum atomic E-state index is -0.316. The molecule has 0 aliphatic carbocycles. The van der Waals surface area contributed by atoms with Gasteiger partial charge in [0.05, 0.1) is 11.0 Å². The van der Waals surface area contributed by atoms with Crippen LogP contribution in [-0.4, -0.2) is 49.1 Å². The first kappa shape index (κ1) is 14.5. The quantitative estimate of drug-likeness (QED) is 0.489. The van der Waals surface area contributed by atoms with Crippen LogP contribution in [0.15, 0.2) is 18.2 Å². The van der Waals surface area contributed by atoms with Gasteiger partial charge in [0.1, 0.15) is 5.69 Å². The van der Waals surface area contributed by atoms with Gasteiger partial charge in [-0.25, -0.2) is 0 Å². The summed E-state index contributed by atoms with van der Waals surface area (Å²) in [5, 5.41) is 11.2. The Hall–Kier alpha value is -0.930. The maximum Gasteiger partial charge on any atom is 0.293 e. The highest BCUT2D eigenvalue weighted by Gasteiger charge is 2.29. The molecule has 1 atom stereocenters. The van der Waals surface area contributed by atoms with Gasteiger partial charge in [0.25, 0.3) is 5.69 Å². The Labute approximate surface area is 125 Å². The number of nitrogens with zero attached hydrogens (tertiary/aromatic N) is 3. The first-order valence-electron chi connectivity index (χ1n) is 6.12. The van der Waals surface area contributed by atoms with Crippen molar-refractivity contribution in [2.75, 3.05) is 38.1 Å². The Kier molecular flexibility index (Phi) is 4.58. The van der Waals surface area contributed by atoms with Crippen LogP contribution in [0.1, 0.15) is 0 Å². The molecule has 1 saturated heterocycles. The molecule has 6 nitrogen and oxygen atoms in total. The van der Waals surface area contributed by atoms with Gasteiger partial charge in [-0.1, -0.05) is 0 Å². The van der Waals surface area contributed by atoms with Gasteiger partial charge < -0.3 is 15.5 Å². The van der Waals surface area contributed by atoms with Gasteiger partial charge in [0.15, 0.2) is 0 Å². The lowest BCUT2D eigenvalue weighted by Crippen LogP contribution is -2.55. The van der Waals surface area contributed by atoms with Crippen LogP contribution < -0.4 is 10.6 Å². The highest BCUT2D eigenvalue weighted by molar-refractivity contribution is 14.1. The zero-order valence-corrected chi connectivity index (χ0v) is 12.9. The second-order valence-corrected chi connectivity index (χ2v) is 5.98. The van der Waals surface area contributed by atoms with Gasteiger partial charge in [-0.2, -0.15) is 0 Å². The third kappa shape index (κ3) is 3.15. The Morgan fingerprint density at radius 1 is 1.53 bits per heavy atom. The van der Waals surface area contributed by atoms with Crippen molar-refractivity contribution in [3.63, 3.8) is 0 Å². The fourth-order valence-electron chi connectivity index (χ4n) is 2.42. The van der Waals surface area contributed by atoms with Gasteiger partial charge in [-0.15, -0.1) is 0 Å². The molecule has 2 rings (SSSR count). The second kappa shape index (κ2) is 6.02. The third-order valence-corrected chi connectivity index (χ3v) is 4.07. The van der Waals surface area contributed by atoms with Crippen LogP contribution in [0.5, 0.6) is 0 Å². The molecule has 1 aliphatic heterocycles. The maximum atomic E-state index is 11.2. The average Bonchev–Trinajstić information content (AvgIpc) is 2.38. The number of likely N-dealkylation sites (N-methyl/N-ethyl adjacent to an activating group) is 1. The molecule has 1 fully saturated rings. The van der Waals surface area contributed by atoms with E-state index in [-0.39, 0.29) is 16.7 Å². The van der Waals surface area contributed by atoms with Crippen molar-refractivity contribution in [3.8, 4) is 0 Å². The largest absolute Gasteiger partial charge is 0.359 e. The predicted octanol–water partition coefficient (Wildman–Crippen LogP) is 1.28. The Morgan fingerprint density at radius 3 is 2.89 bits per heavy atom. The van der Waals surface area contributed by atoms with E-state index in [2.05, 4.69) is 32.4 Å². The molecule has 2 N–H and O–H groups in total. The number of hydrogen-bond acceptors (Lipinski definition) is 5. The van der Waals surface area contributed by atoms with Crippen LogP contribution >= 0.6 is 22.6 Å². The lowest BCUT2D eigenvalue weighted by Gasteiger charge is -2.40. The summed E-state index contributed by atoms with van der Waals surface area (Å²) in [5.74, 6) is 0. The molecule has 0 saturated carbocycles. The molecule has 1 unspecified atom stereocenters. The van der Waals surface area contributed by atoms with E-state index in [1.54, 1.807) is 6.07 Å². The third-order valence-electron chi connectivity index (χ3n) is 3.40. The van der Waals surface area contributed by atoms with Gasteiger partial charge >= 0.3 is 0 Å². The fourth-order valence-corrected chi connectivity index (χ4v) is 2.89. The van der Waals surface area contributed by atoms with Crippen molar-refractivity contribution in [1.82, 2.24) is 4.90 Å². The molecule has 0 radical (unpaired) electrons. The standard InChI is InChI=1S/C12H17IN4O2/c1-15-4-5-16(10(7-14)8-15)11-3-2-9(13)6-12(11)17(18)19/h2-3,6,10H,4-5,7-8,14H2,1H3. The van der Waals surface area contributed by atoms with Crippen molar-refractivity contribution in [2.24, 2.45) is 5.73 Å². The van der Waals surface area contributed by atoms with E-state index >= 15 is 0 Å². The smallest absolute Gasteiger partial charge is 0.293 e. The van der Waals surface area contributed by atoms with E-state index in [1.165, 1.54) is 0 Å². The van der Waals surface area contributed by atoms with E-state index in [1.807, 2.05) is 19.2 Å².